The molecule has 0 radical (unpaired) electrons. The van der Waals surface area contributed by atoms with Crippen molar-refractivity contribution < 1.29 is 0 Å². The first kappa shape index (κ1) is 16.2. The Labute approximate surface area is 142 Å². The molecule has 0 amide bonds. The van der Waals surface area contributed by atoms with Crippen LogP contribution in [0.5, 0.6) is 0 Å². The molecule has 2 aromatic rings. The van der Waals surface area contributed by atoms with E-state index in [4.69, 9.17) is 11.6 Å². The van der Waals surface area contributed by atoms with E-state index in [9.17, 15) is 0 Å². The van der Waals surface area contributed by atoms with Crippen molar-refractivity contribution >= 4 is 17.4 Å². The Morgan fingerprint density at radius 1 is 1.00 bits per heavy atom. The number of rotatable bonds is 5. The van der Waals surface area contributed by atoms with E-state index in [2.05, 4.69) is 44.5 Å². The Morgan fingerprint density at radius 3 is 2.39 bits per heavy atom. The molecule has 1 aromatic carbocycles. The fourth-order valence-corrected chi connectivity index (χ4v) is 3.12. The van der Waals surface area contributed by atoms with E-state index >= 15 is 0 Å². The molecule has 1 saturated heterocycles. The summed E-state index contributed by atoms with van der Waals surface area (Å²) in [6.45, 7) is 4.23. The van der Waals surface area contributed by atoms with Crippen molar-refractivity contribution in [3.8, 4) is 0 Å². The van der Waals surface area contributed by atoms with Crippen molar-refractivity contribution in [1.82, 2.24) is 14.9 Å². The van der Waals surface area contributed by atoms with Gasteiger partial charge < -0.3 is 5.32 Å². The highest BCUT2D eigenvalue weighted by Crippen LogP contribution is 2.18. The number of anilines is 1. The van der Waals surface area contributed by atoms with Gasteiger partial charge in [-0.25, -0.2) is 9.97 Å². The maximum atomic E-state index is 6.04. The summed E-state index contributed by atoms with van der Waals surface area (Å²) in [6.07, 6.45) is 8.53. The summed E-state index contributed by atoms with van der Waals surface area (Å²) in [7, 11) is 0. The highest BCUT2D eigenvalue weighted by atomic mass is 35.5. The summed E-state index contributed by atoms with van der Waals surface area (Å²) >= 11 is 6.04. The third kappa shape index (κ3) is 4.91. The van der Waals surface area contributed by atoms with Gasteiger partial charge in [0.05, 0.1) is 6.20 Å². The van der Waals surface area contributed by atoms with E-state index in [1.54, 1.807) is 6.20 Å². The van der Waals surface area contributed by atoms with E-state index in [-0.39, 0.29) is 0 Å². The molecule has 122 valence electrons. The Balaban J connectivity index is 1.53. The average Bonchev–Trinajstić information content (AvgIpc) is 2.84. The highest BCUT2D eigenvalue weighted by Gasteiger charge is 2.09. The predicted octanol–water partition coefficient (Wildman–Crippen LogP) is 4.12. The van der Waals surface area contributed by atoms with Gasteiger partial charge in [-0.15, -0.1) is 0 Å². The lowest BCUT2D eigenvalue weighted by molar-refractivity contribution is 0.277. The maximum absolute atomic E-state index is 6.04. The molecule has 0 bridgehead atoms. The molecule has 23 heavy (non-hydrogen) atoms. The predicted molar refractivity (Wildman–Crippen MR) is 94.6 cm³/mol. The SMILES string of the molecule is Clc1cncnc1NCc1ccc(CN2CCCCCC2)cc1. The first-order valence-corrected chi connectivity index (χ1v) is 8.68. The normalized spacial score (nSPS) is 16.0. The molecule has 1 N–H and O–H groups in total. The number of nitrogens with zero attached hydrogens (tertiary/aromatic N) is 3. The molecular weight excluding hydrogens is 308 g/mol. The Kier molecular flexibility index (Phi) is 5.83. The molecule has 1 fully saturated rings. The van der Waals surface area contributed by atoms with Crippen LogP contribution >= 0.6 is 11.6 Å². The van der Waals surface area contributed by atoms with Crippen LogP contribution in [0.3, 0.4) is 0 Å². The molecule has 0 unspecified atom stereocenters. The first-order chi connectivity index (χ1) is 11.3. The van der Waals surface area contributed by atoms with Gasteiger partial charge in [-0.3, -0.25) is 4.90 Å². The number of hydrogen-bond acceptors (Lipinski definition) is 4. The Hall–Kier alpha value is -1.65. The number of hydrogen-bond donors (Lipinski definition) is 1. The lowest BCUT2D eigenvalue weighted by Gasteiger charge is -2.19. The van der Waals surface area contributed by atoms with E-state index in [0.717, 1.165) is 6.54 Å². The van der Waals surface area contributed by atoms with E-state index in [1.165, 1.54) is 56.2 Å². The third-order valence-corrected chi connectivity index (χ3v) is 4.53. The summed E-state index contributed by atoms with van der Waals surface area (Å²) in [5.74, 6) is 0.676. The van der Waals surface area contributed by atoms with E-state index < -0.39 is 0 Å². The van der Waals surface area contributed by atoms with Gasteiger partial charge in [0.2, 0.25) is 0 Å². The lowest BCUT2D eigenvalue weighted by atomic mass is 10.1. The van der Waals surface area contributed by atoms with Crippen molar-refractivity contribution in [1.29, 1.82) is 0 Å². The number of likely N-dealkylation sites (tertiary alicyclic amines) is 1. The van der Waals surface area contributed by atoms with Crippen LogP contribution < -0.4 is 5.32 Å². The standard InChI is InChI=1S/C18H23ClN4/c19-17-12-20-14-22-18(17)21-11-15-5-7-16(8-6-15)13-23-9-3-1-2-4-10-23/h5-8,12,14H,1-4,9-11,13H2,(H,20,21,22). The van der Waals surface area contributed by atoms with E-state index in [1.807, 2.05) is 0 Å². The van der Waals surface area contributed by atoms with Crippen LogP contribution in [0.2, 0.25) is 5.02 Å². The second-order valence-corrected chi connectivity index (χ2v) is 6.49. The van der Waals surface area contributed by atoms with Crippen LogP contribution in [0, 0.1) is 0 Å². The summed E-state index contributed by atoms with van der Waals surface area (Å²) in [5.41, 5.74) is 2.61. The Bertz CT molecular complexity index is 607. The summed E-state index contributed by atoms with van der Waals surface area (Å²) in [6, 6.07) is 8.80. The van der Waals surface area contributed by atoms with Gasteiger partial charge in [0.25, 0.3) is 0 Å². The molecule has 1 aromatic heterocycles. The largest absolute Gasteiger partial charge is 0.365 e. The second-order valence-electron chi connectivity index (χ2n) is 6.08. The summed E-state index contributed by atoms with van der Waals surface area (Å²) < 4.78 is 0. The van der Waals surface area contributed by atoms with Crippen LogP contribution in [0.15, 0.2) is 36.8 Å². The van der Waals surface area contributed by atoms with Gasteiger partial charge in [0, 0.05) is 13.1 Å². The molecule has 5 heteroatoms. The van der Waals surface area contributed by atoms with Crippen LogP contribution in [-0.4, -0.2) is 28.0 Å². The van der Waals surface area contributed by atoms with E-state index in [0.29, 0.717) is 17.4 Å². The minimum atomic E-state index is 0.547. The number of benzene rings is 1. The Morgan fingerprint density at radius 2 is 1.70 bits per heavy atom. The van der Waals surface area contributed by atoms with Gasteiger partial charge in [0.1, 0.15) is 17.2 Å². The van der Waals surface area contributed by atoms with Gasteiger partial charge in [-0.1, -0.05) is 48.7 Å². The van der Waals surface area contributed by atoms with Gasteiger partial charge in [0.15, 0.2) is 0 Å². The van der Waals surface area contributed by atoms with Crippen LogP contribution in [-0.2, 0) is 13.1 Å². The summed E-state index contributed by atoms with van der Waals surface area (Å²) in [4.78, 5) is 10.6. The molecule has 1 aliphatic heterocycles. The van der Waals surface area contributed by atoms with Gasteiger partial charge >= 0.3 is 0 Å². The smallest absolute Gasteiger partial charge is 0.148 e. The van der Waals surface area contributed by atoms with Gasteiger partial charge in [-0.05, 0) is 37.1 Å². The number of halogens is 1. The fourth-order valence-electron chi connectivity index (χ4n) is 2.94. The zero-order valence-electron chi connectivity index (χ0n) is 13.3. The molecule has 3 rings (SSSR count). The minimum absolute atomic E-state index is 0.547. The zero-order chi connectivity index (χ0) is 15.9. The molecule has 2 heterocycles. The average molecular weight is 331 g/mol. The van der Waals surface area contributed by atoms with Crippen LogP contribution in [0.25, 0.3) is 0 Å². The quantitative estimate of drug-likeness (QED) is 0.895. The second kappa shape index (κ2) is 8.27. The monoisotopic (exact) mass is 330 g/mol. The number of aromatic nitrogens is 2. The van der Waals surface area contributed by atoms with Crippen molar-refractivity contribution in [2.45, 2.75) is 38.8 Å². The van der Waals surface area contributed by atoms with Crippen molar-refractivity contribution in [2.24, 2.45) is 0 Å². The van der Waals surface area contributed by atoms with Crippen molar-refractivity contribution in [3.05, 3.63) is 52.9 Å². The number of nitrogens with one attached hydrogen (secondary N) is 1. The minimum Gasteiger partial charge on any atom is -0.365 e. The van der Waals surface area contributed by atoms with Gasteiger partial charge in [-0.2, -0.15) is 0 Å². The van der Waals surface area contributed by atoms with Crippen LogP contribution in [0.1, 0.15) is 36.8 Å². The molecule has 0 atom stereocenters. The summed E-state index contributed by atoms with van der Waals surface area (Å²) in [5, 5.41) is 3.79. The topological polar surface area (TPSA) is 41.1 Å². The highest BCUT2D eigenvalue weighted by molar-refractivity contribution is 6.32. The molecule has 1 aliphatic rings. The van der Waals surface area contributed by atoms with Crippen LogP contribution in [0.4, 0.5) is 5.82 Å². The third-order valence-electron chi connectivity index (χ3n) is 4.26. The molecule has 0 spiro atoms. The first-order valence-electron chi connectivity index (χ1n) is 8.31. The van der Waals surface area contributed by atoms with Crippen molar-refractivity contribution in [2.75, 3.05) is 18.4 Å². The molecule has 0 saturated carbocycles. The molecular formula is C18H23ClN4. The lowest BCUT2D eigenvalue weighted by Crippen LogP contribution is -2.23. The van der Waals surface area contributed by atoms with Crippen molar-refractivity contribution in [3.63, 3.8) is 0 Å². The molecule has 4 nitrogen and oxygen atoms in total. The zero-order valence-corrected chi connectivity index (χ0v) is 14.1. The molecule has 0 aliphatic carbocycles. The fraction of sp³-hybridized carbons (Fsp3) is 0.444. The maximum Gasteiger partial charge on any atom is 0.148 e.